The van der Waals surface area contributed by atoms with Gasteiger partial charge in [0.2, 0.25) is 0 Å². The average molecular weight is 386 g/mol. The van der Waals surface area contributed by atoms with Gasteiger partial charge in [0.15, 0.2) is 0 Å². The number of halogens is 1. The predicted molar refractivity (Wildman–Crippen MR) is 113 cm³/mol. The summed E-state index contributed by atoms with van der Waals surface area (Å²) in [5.41, 5.74) is 10.1. The molecule has 3 aromatic rings. The Morgan fingerprint density at radius 2 is 1.90 bits per heavy atom. The van der Waals surface area contributed by atoms with Gasteiger partial charge in [-0.3, -0.25) is 4.79 Å². The minimum atomic E-state index is -0.182. The van der Waals surface area contributed by atoms with E-state index in [0.717, 1.165) is 82.2 Å². The lowest BCUT2D eigenvalue weighted by atomic mass is 9.81. The highest BCUT2D eigenvalue weighted by Gasteiger charge is 2.32. The normalized spacial score (nSPS) is 19.3. The molecule has 0 saturated carbocycles. The Bertz CT molecular complexity index is 1330. The number of benzene rings is 1. The first-order chi connectivity index (χ1) is 14.0. The van der Waals surface area contributed by atoms with Crippen LogP contribution in [0.2, 0.25) is 0 Å². The minimum Gasteiger partial charge on any atom is -0.302 e. The fourth-order valence-electron chi connectivity index (χ4n) is 5.68. The molecule has 1 aliphatic heterocycles. The largest absolute Gasteiger partial charge is 0.302 e. The SMILES string of the molecule is C=C1CCc2c(cc3n(c2=O)Cc2c-3nc3cc(F)c(C)c4c3c2CCC4)C1C. The van der Waals surface area contributed by atoms with Gasteiger partial charge in [-0.15, -0.1) is 0 Å². The second-order valence-electron chi connectivity index (χ2n) is 8.86. The highest BCUT2D eigenvalue weighted by Crippen LogP contribution is 2.43. The van der Waals surface area contributed by atoms with Crippen LogP contribution < -0.4 is 5.56 Å². The van der Waals surface area contributed by atoms with Crippen molar-refractivity contribution in [2.24, 2.45) is 0 Å². The van der Waals surface area contributed by atoms with Crippen molar-refractivity contribution in [3.8, 4) is 11.4 Å². The quantitative estimate of drug-likeness (QED) is 0.400. The molecule has 4 heteroatoms. The van der Waals surface area contributed by atoms with E-state index in [1.54, 1.807) is 6.07 Å². The minimum absolute atomic E-state index is 0.115. The first-order valence-electron chi connectivity index (χ1n) is 10.5. The first-order valence-corrected chi connectivity index (χ1v) is 10.5. The number of aromatic nitrogens is 2. The second kappa shape index (κ2) is 5.65. The summed E-state index contributed by atoms with van der Waals surface area (Å²) in [7, 11) is 0. The van der Waals surface area contributed by atoms with Gasteiger partial charge in [0.25, 0.3) is 5.56 Å². The third-order valence-electron chi connectivity index (χ3n) is 7.44. The molecule has 2 aliphatic carbocycles. The third-order valence-corrected chi connectivity index (χ3v) is 7.44. The van der Waals surface area contributed by atoms with Gasteiger partial charge in [-0.05, 0) is 67.3 Å². The van der Waals surface area contributed by atoms with E-state index in [1.807, 2.05) is 11.5 Å². The number of aryl methyl sites for hydroxylation is 2. The molecule has 0 amide bonds. The molecule has 3 nitrogen and oxygen atoms in total. The van der Waals surface area contributed by atoms with Gasteiger partial charge >= 0.3 is 0 Å². The molecule has 0 radical (unpaired) electrons. The lowest BCUT2D eigenvalue weighted by Crippen LogP contribution is -2.28. The fraction of sp³-hybridized carbons (Fsp3) is 0.360. The summed E-state index contributed by atoms with van der Waals surface area (Å²) >= 11 is 0. The van der Waals surface area contributed by atoms with Crippen LogP contribution in [-0.4, -0.2) is 9.55 Å². The molecule has 0 spiro atoms. The monoisotopic (exact) mass is 386 g/mol. The van der Waals surface area contributed by atoms with Crippen molar-refractivity contribution in [2.45, 2.75) is 58.4 Å². The summed E-state index contributed by atoms with van der Waals surface area (Å²) in [5, 5.41) is 1.13. The van der Waals surface area contributed by atoms with Crippen molar-refractivity contribution in [1.29, 1.82) is 0 Å². The lowest BCUT2D eigenvalue weighted by Gasteiger charge is -2.25. The van der Waals surface area contributed by atoms with Crippen LogP contribution in [0.5, 0.6) is 0 Å². The van der Waals surface area contributed by atoms with Crippen molar-refractivity contribution >= 4 is 10.9 Å². The Balaban J connectivity index is 1.68. The predicted octanol–water partition coefficient (Wildman–Crippen LogP) is 4.97. The molecular formula is C25H23FN2O. The van der Waals surface area contributed by atoms with Gasteiger partial charge in [0.05, 0.1) is 23.4 Å². The Kier molecular flexibility index (Phi) is 3.34. The second-order valence-corrected chi connectivity index (χ2v) is 8.86. The summed E-state index contributed by atoms with van der Waals surface area (Å²) < 4.78 is 16.5. The lowest BCUT2D eigenvalue weighted by molar-refractivity contribution is 0.615. The summed E-state index contributed by atoms with van der Waals surface area (Å²) in [6.45, 7) is 8.79. The molecule has 1 unspecified atom stereocenters. The van der Waals surface area contributed by atoms with Gasteiger partial charge < -0.3 is 4.57 Å². The Morgan fingerprint density at radius 1 is 1.10 bits per heavy atom. The standard InChI is InChI=1S/C25H23FN2O/c1-12-7-8-17-18(13(12)2)9-22-24-19(11-28(22)25(17)29)16-6-4-5-15-14(3)20(26)10-21(27-24)23(15)16/h9-10,13H,1,4-8,11H2,2-3H3. The molecule has 146 valence electrons. The molecule has 0 N–H and O–H groups in total. The number of nitrogens with zero attached hydrogens (tertiary/aromatic N) is 2. The number of hydrogen-bond donors (Lipinski definition) is 0. The van der Waals surface area contributed by atoms with E-state index in [9.17, 15) is 9.18 Å². The van der Waals surface area contributed by atoms with Crippen LogP contribution in [0.4, 0.5) is 4.39 Å². The summed E-state index contributed by atoms with van der Waals surface area (Å²) in [4.78, 5) is 18.3. The summed E-state index contributed by atoms with van der Waals surface area (Å²) in [6.07, 6.45) is 4.53. The molecule has 1 aromatic carbocycles. The number of pyridine rings is 2. The number of allylic oxidation sites excluding steroid dienone is 1. The van der Waals surface area contributed by atoms with E-state index in [2.05, 4.69) is 19.6 Å². The van der Waals surface area contributed by atoms with Crippen molar-refractivity contribution in [3.05, 3.63) is 73.8 Å². The first kappa shape index (κ1) is 17.1. The van der Waals surface area contributed by atoms with Crippen LogP contribution in [0.15, 0.2) is 29.1 Å². The molecule has 0 fully saturated rings. The van der Waals surface area contributed by atoms with E-state index >= 15 is 0 Å². The number of hydrogen-bond acceptors (Lipinski definition) is 2. The van der Waals surface area contributed by atoms with Crippen LogP contribution in [0, 0.1) is 12.7 Å². The zero-order valence-corrected chi connectivity index (χ0v) is 16.9. The molecule has 3 heterocycles. The van der Waals surface area contributed by atoms with Crippen LogP contribution in [0.25, 0.3) is 22.3 Å². The summed E-state index contributed by atoms with van der Waals surface area (Å²) in [6, 6.07) is 3.73. The molecule has 29 heavy (non-hydrogen) atoms. The molecule has 6 rings (SSSR count). The van der Waals surface area contributed by atoms with Gasteiger partial charge in [-0.2, -0.15) is 0 Å². The van der Waals surface area contributed by atoms with E-state index < -0.39 is 0 Å². The maximum atomic E-state index is 14.6. The third kappa shape index (κ3) is 2.12. The van der Waals surface area contributed by atoms with Crippen molar-refractivity contribution < 1.29 is 4.39 Å². The maximum Gasteiger partial charge on any atom is 0.254 e. The smallest absolute Gasteiger partial charge is 0.254 e. The average Bonchev–Trinajstić information content (AvgIpc) is 3.08. The van der Waals surface area contributed by atoms with Crippen molar-refractivity contribution in [2.75, 3.05) is 0 Å². The topological polar surface area (TPSA) is 34.9 Å². The Morgan fingerprint density at radius 3 is 2.72 bits per heavy atom. The molecular weight excluding hydrogens is 363 g/mol. The zero-order valence-electron chi connectivity index (χ0n) is 16.9. The molecule has 1 atom stereocenters. The summed E-state index contributed by atoms with van der Waals surface area (Å²) in [5.74, 6) is 0.00505. The van der Waals surface area contributed by atoms with Crippen molar-refractivity contribution in [1.82, 2.24) is 9.55 Å². The van der Waals surface area contributed by atoms with Gasteiger partial charge in [-0.25, -0.2) is 9.37 Å². The Hall–Kier alpha value is -2.75. The van der Waals surface area contributed by atoms with Crippen LogP contribution in [0.1, 0.15) is 59.1 Å². The maximum absolute atomic E-state index is 14.6. The number of fused-ring (bicyclic) bond motifs is 5. The molecule has 0 bridgehead atoms. The zero-order chi connectivity index (χ0) is 20.0. The highest BCUT2D eigenvalue weighted by molar-refractivity contribution is 5.92. The highest BCUT2D eigenvalue weighted by atomic mass is 19.1. The van der Waals surface area contributed by atoms with E-state index in [-0.39, 0.29) is 17.3 Å². The van der Waals surface area contributed by atoms with E-state index in [1.165, 1.54) is 11.1 Å². The molecule has 0 saturated heterocycles. The van der Waals surface area contributed by atoms with Gasteiger partial charge in [0.1, 0.15) is 5.82 Å². The number of rotatable bonds is 0. The van der Waals surface area contributed by atoms with Gasteiger partial charge in [0, 0.05) is 28.5 Å². The van der Waals surface area contributed by atoms with Crippen LogP contribution in [-0.2, 0) is 25.8 Å². The van der Waals surface area contributed by atoms with Crippen LogP contribution in [0.3, 0.4) is 0 Å². The van der Waals surface area contributed by atoms with E-state index in [0.29, 0.717) is 6.54 Å². The molecule has 2 aromatic heterocycles. The van der Waals surface area contributed by atoms with E-state index in [4.69, 9.17) is 4.98 Å². The van der Waals surface area contributed by atoms with Crippen LogP contribution >= 0.6 is 0 Å². The fourth-order valence-corrected chi connectivity index (χ4v) is 5.68. The molecule has 3 aliphatic rings. The van der Waals surface area contributed by atoms with Gasteiger partial charge in [-0.1, -0.05) is 19.1 Å². The Labute approximate surface area is 168 Å². The van der Waals surface area contributed by atoms with Crippen molar-refractivity contribution in [3.63, 3.8) is 0 Å².